The molecule has 0 bridgehead atoms. The van der Waals surface area contributed by atoms with E-state index in [2.05, 4.69) is 4.98 Å². The van der Waals surface area contributed by atoms with Crippen LogP contribution in [0.15, 0.2) is 30.5 Å². The Kier molecular flexibility index (Phi) is 3.85. The van der Waals surface area contributed by atoms with Crippen LogP contribution in [0.25, 0.3) is 0 Å². The Morgan fingerprint density at radius 3 is 2.53 bits per heavy atom. The van der Waals surface area contributed by atoms with Crippen molar-refractivity contribution in [1.82, 2.24) is 4.98 Å². The van der Waals surface area contributed by atoms with Crippen LogP contribution in [0.5, 0.6) is 5.75 Å². The highest BCUT2D eigenvalue weighted by Crippen LogP contribution is 2.31. The zero-order chi connectivity index (χ0) is 14.0. The summed E-state index contributed by atoms with van der Waals surface area (Å²) in [6, 6.07) is 5.12. The first-order valence-electron chi connectivity index (χ1n) is 5.50. The molecule has 0 radical (unpaired) electrons. The van der Waals surface area contributed by atoms with Crippen molar-refractivity contribution in [2.75, 3.05) is 5.73 Å². The quantitative estimate of drug-likeness (QED) is 0.874. The van der Waals surface area contributed by atoms with Gasteiger partial charge in [-0.25, -0.2) is 13.8 Å². The fourth-order valence-electron chi connectivity index (χ4n) is 1.64. The molecule has 2 N–H and O–H groups in total. The zero-order valence-electron chi connectivity index (χ0n) is 10.0. The molecule has 0 fully saturated rings. The second kappa shape index (κ2) is 5.40. The molecule has 100 valence electrons. The highest BCUT2D eigenvalue weighted by molar-refractivity contribution is 6.31. The maximum atomic E-state index is 13.7. The number of anilines is 1. The summed E-state index contributed by atoms with van der Waals surface area (Å²) in [4.78, 5) is 3.84. The Balaban J connectivity index is 2.27. The predicted octanol–water partition coefficient (Wildman–Crippen LogP) is 3.74. The third-order valence-corrected chi connectivity index (χ3v) is 2.94. The van der Waals surface area contributed by atoms with Gasteiger partial charge in [0.1, 0.15) is 29.3 Å². The van der Waals surface area contributed by atoms with Crippen molar-refractivity contribution in [1.29, 1.82) is 0 Å². The summed E-state index contributed by atoms with van der Waals surface area (Å²) in [6.07, 6.45) is 0.644. The van der Waals surface area contributed by atoms with Crippen LogP contribution in [0.2, 0.25) is 5.02 Å². The van der Waals surface area contributed by atoms with Gasteiger partial charge in [-0.3, -0.25) is 0 Å². The Labute approximate surface area is 114 Å². The molecule has 0 saturated heterocycles. The average Bonchev–Trinajstić information content (AvgIpc) is 2.37. The second-order valence-corrected chi connectivity index (χ2v) is 4.31. The maximum Gasteiger partial charge on any atom is 0.142 e. The summed E-state index contributed by atoms with van der Waals surface area (Å²) in [5, 5.41) is -0.282. The first-order valence-corrected chi connectivity index (χ1v) is 5.88. The molecule has 1 atom stereocenters. The molecule has 19 heavy (non-hydrogen) atoms. The van der Waals surface area contributed by atoms with Gasteiger partial charge in [-0.2, -0.15) is 0 Å². The van der Waals surface area contributed by atoms with E-state index in [-0.39, 0.29) is 10.6 Å². The van der Waals surface area contributed by atoms with Gasteiger partial charge in [-0.1, -0.05) is 11.6 Å². The molecule has 3 nitrogen and oxygen atoms in total. The minimum atomic E-state index is -0.756. The van der Waals surface area contributed by atoms with Crippen LogP contribution in [0.3, 0.4) is 0 Å². The molecule has 1 unspecified atom stereocenters. The summed E-state index contributed by atoms with van der Waals surface area (Å²) in [7, 11) is 0. The minimum absolute atomic E-state index is 0.0292. The normalized spacial score (nSPS) is 12.2. The van der Waals surface area contributed by atoms with Crippen molar-refractivity contribution < 1.29 is 13.5 Å². The molecule has 2 rings (SSSR count). The SMILES string of the molecule is CC(Oc1ccc(N)nc1)c1c(F)ccc(F)c1Cl. The summed E-state index contributed by atoms with van der Waals surface area (Å²) in [5.74, 6) is -0.581. The zero-order valence-corrected chi connectivity index (χ0v) is 10.8. The minimum Gasteiger partial charge on any atom is -0.484 e. The molecule has 0 spiro atoms. The van der Waals surface area contributed by atoms with Crippen LogP contribution in [-0.2, 0) is 0 Å². The number of nitrogens with zero attached hydrogens (tertiary/aromatic N) is 1. The molecule has 2 aromatic rings. The number of hydrogen-bond acceptors (Lipinski definition) is 3. The summed E-state index contributed by atoms with van der Waals surface area (Å²) < 4.78 is 32.5. The number of ether oxygens (including phenoxy) is 1. The molecular formula is C13H11ClF2N2O. The molecule has 6 heteroatoms. The molecule has 0 aliphatic carbocycles. The first-order chi connectivity index (χ1) is 8.99. The van der Waals surface area contributed by atoms with Crippen molar-refractivity contribution in [3.05, 3.63) is 52.7 Å². The van der Waals surface area contributed by atoms with Crippen molar-refractivity contribution in [2.45, 2.75) is 13.0 Å². The lowest BCUT2D eigenvalue weighted by Gasteiger charge is -2.17. The number of pyridine rings is 1. The Morgan fingerprint density at radius 1 is 1.21 bits per heavy atom. The van der Waals surface area contributed by atoms with Crippen LogP contribution in [0, 0.1) is 11.6 Å². The van der Waals surface area contributed by atoms with Gasteiger partial charge in [-0.05, 0) is 31.2 Å². The molecule has 1 aromatic heterocycles. The topological polar surface area (TPSA) is 48.1 Å². The lowest BCUT2D eigenvalue weighted by molar-refractivity contribution is 0.220. The van der Waals surface area contributed by atoms with Gasteiger partial charge in [0, 0.05) is 5.56 Å². The lowest BCUT2D eigenvalue weighted by Crippen LogP contribution is -2.07. The van der Waals surface area contributed by atoms with E-state index in [1.165, 1.54) is 6.20 Å². The average molecular weight is 285 g/mol. The summed E-state index contributed by atoms with van der Waals surface area (Å²) >= 11 is 5.75. The van der Waals surface area contributed by atoms with E-state index in [4.69, 9.17) is 22.1 Å². The van der Waals surface area contributed by atoms with Gasteiger partial charge in [0.25, 0.3) is 0 Å². The number of halogens is 3. The van der Waals surface area contributed by atoms with Crippen LogP contribution in [0.1, 0.15) is 18.6 Å². The van der Waals surface area contributed by atoms with Crippen molar-refractivity contribution in [3.8, 4) is 5.75 Å². The second-order valence-electron chi connectivity index (χ2n) is 3.94. The number of nitrogens with two attached hydrogens (primary N) is 1. The van der Waals surface area contributed by atoms with E-state index in [9.17, 15) is 8.78 Å². The van der Waals surface area contributed by atoms with E-state index in [0.717, 1.165) is 12.1 Å². The molecule has 0 aliphatic rings. The van der Waals surface area contributed by atoms with Crippen molar-refractivity contribution in [3.63, 3.8) is 0 Å². The highest BCUT2D eigenvalue weighted by atomic mass is 35.5. The van der Waals surface area contributed by atoms with E-state index >= 15 is 0 Å². The largest absolute Gasteiger partial charge is 0.484 e. The number of hydrogen-bond donors (Lipinski definition) is 1. The van der Waals surface area contributed by atoms with Gasteiger partial charge in [-0.15, -0.1) is 0 Å². The van der Waals surface area contributed by atoms with Crippen LogP contribution in [0.4, 0.5) is 14.6 Å². The van der Waals surface area contributed by atoms with E-state index in [1.54, 1.807) is 19.1 Å². The first kappa shape index (κ1) is 13.5. The Morgan fingerprint density at radius 2 is 1.89 bits per heavy atom. The molecule has 0 aliphatic heterocycles. The monoisotopic (exact) mass is 284 g/mol. The number of rotatable bonds is 3. The van der Waals surface area contributed by atoms with Gasteiger partial charge in [0.05, 0.1) is 11.2 Å². The van der Waals surface area contributed by atoms with Crippen LogP contribution >= 0.6 is 11.6 Å². The van der Waals surface area contributed by atoms with Crippen LogP contribution < -0.4 is 10.5 Å². The maximum absolute atomic E-state index is 13.7. The third kappa shape index (κ3) is 2.93. The van der Waals surface area contributed by atoms with Crippen molar-refractivity contribution in [2.24, 2.45) is 0 Å². The van der Waals surface area contributed by atoms with Crippen molar-refractivity contribution >= 4 is 17.4 Å². The summed E-state index contributed by atoms with van der Waals surface area (Å²) in [5.41, 5.74) is 5.41. The lowest BCUT2D eigenvalue weighted by atomic mass is 10.1. The Hall–Kier alpha value is -1.88. The van der Waals surface area contributed by atoms with Gasteiger partial charge in [0.15, 0.2) is 0 Å². The third-order valence-electron chi connectivity index (χ3n) is 2.56. The van der Waals surface area contributed by atoms with E-state index in [0.29, 0.717) is 11.6 Å². The van der Waals surface area contributed by atoms with Gasteiger partial charge in [0.2, 0.25) is 0 Å². The fourth-order valence-corrected chi connectivity index (χ4v) is 1.95. The van der Waals surface area contributed by atoms with E-state index in [1.807, 2.05) is 0 Å². The number of aromatic nitrogens is 1. The molecule has 0 amide bonds. The Bertz CT molecular complexity index is 590. The van der Waals surface area contributed by atoms with Gasteiger partial charge < -0.3 is 10.5 Å². The summed E-state index contributed by atoms with van der Waals surface area (Å²) in [6.45, 7) is 1.57. The standard InChI is InChI=1S/C13H11ClF2N2O/c1-7(19-8-2-5-11(17)18-6-8)12-9(15)3-4-10(16)13(12)14/h2-7H,1H3,(H2,17,18). The van der Waals surface area contributed by atoms with E-state index < -0.39 is 17.7 Å². The molecule has 1 heterocycles. The predicted molar refractivity (Wildman–Crippen MR) is 69.1 cm³/mol. The molecular weight excluding hydrogens is 274 g/mol. The molecule has 0 saturated carbocycles. The number of benzene rings is 1. The highest BCUT2D eigenvalue weighted by Gasteiger charge is 2.19. The molecule has 1 aromatic carbocycles. The smallest absolute Gasteiger partial charge is 0.142 e. The fraction of sp³-hybridized carbons (Fsp3) is 0.154. The number of nitrogen functional groups attached to an aromatic ring is 1. The van der Waals surface area contributed by atoms with Crippen LogP contribution in [-0.4, -0.2) is 4.98 Å². The van der Waals surface area contributed by atoms with Gasteiger partial charge >= 0.3 is 0 Å².